The summed E-state index contributed by atoms with van der Waals surface area (Å²) >= 11 is 13.1. The molecule has 1 heterocycles. The number of amides is 2. The predicted molar refractivity (Wildman–Crippen MR) is 91.5 cm³/mol. The van der Waals surface area contributed by atoms with Gasteiger partial charge in [-0.15, -0.1) is 11.3 Å². The van der Waals surface area contributed by atoms with Gasteiger partial charge >= 0.3 is 6.03 Å². The molecule has 0 aliphatic rings. The third-order valence-corrected chi connectivity index (χ3v) is 4.83. The molecule has 0 saturated heterocycles. The molecule has 2 amide bonds. The van der Waals surface area contributed by atoms with Crippen LogP contribution in [0.2, 0.25) is 10.0 Å². The van der Waals surface area contributed by atoms with Crippen molar-refractivity contribution in [3.8, 4) is 0 Å². The minimum Gasteiger partial charge on any atom is -0.338 e. The average Bonchev–Trinajstić information content (AvgIpc) is 2.92. The maximum Gasteiger partial charge on any atom is 0.319 e. The first kappa shape index (κ1) is 16.8. The van der Waals surface area contributed by atoms with Crippen molar-refractivity contribution in [1.29, 1.82) is 0 Å². The number of anilines is 1. The number of carbonyl (C=O) groups excluding carboxylic acids is 2. The van der Waals surface area contributed by atoms with Crippen LogP contribution >= 0.6 is 34.5 Å². The number of urea groups is 1. The lowest BCUT2D eigenvalue weighted by atomic mass is 10.3. The van der Waals surface area contributed by atoms with Crippen LogP contribution in [0.5, 0.6) is 0 Å². The van der Waals surface area contributed by atoms with Gasteiger partial charge in [0.05, 0.1) is 14.9 Å². The predicted octanol–water partition coefficient (Wildman–Crippen LogP) is 4.62. The Morgan fingerprint density at radius 1 is 1.14 bits per heavy atom. The Hall–Kier alpha value is -1.56. The highest BCUT2D eigenvalue weighted by Crippen LogP contribution is 2.24. The summed E-state index contributed by atoms with van der Waals surface area (Å²) in [7, 11) is 0. The van der Waals surface area contributed by atoms with Gasteiger partial charge in [-0.05, 0) is 43.7 Å². The Morgan fingerprint density at radius 3 is 2.55 bits per heavy atom. The van der Waals surface area contributed by atoms with E-state index >= 15 is 0 Å². The lowest BCUT2D eigenvalue weighted by molar-refractivity contribution is 0.102. The van der Waals surface area contributed by atoms with Gasteiger partial charge in [0.1, 0.15) is 0 Å². The monoisotopic (exact) mass is 356 g/mol. The van der Waals surface area contributed by atoms with Crippen molar-refractivity contribution in [2.75, 3.05) is 11.9 Å². The third-order valence-electron chi connectivity index (χ3n) is 2.84. The fraction of sp³-hybridized carbons (Fsp3) is 0.200. The van der Waals surface area contributed by atoms with Gasteiger partial charge in [0.2, 0.25) is 0 Å². The standard InChI is InChI=1S/C15H14Cl2N2O2S/c1-9(20)14-5-3-11(22-14)6-7-18-15(21)19-10-2-4-12(16)13(17)8-10/h2-5,8H,6-7H2,1H3,(H2,18,19,21). The fourth-order valence-corrected chi connectivity index (χ4v) is 2.95. The zero-order valence-corrected chi connectivity index (χ0v) is 14.1. The van der Waals surface area contributed by atoms with Gasteiger partial charge in [0, 0.05) is 17.1 Å². The Labute approximate surface area is 142 Å². The average molecular weight is 357 g/mol. The van der Waals surface area contributed by atoms with E-state index in [1.54, 1.807) is 31.2 Å². The van der Waals surface area contributed by atoms with Crippen LogP contribution in [0.3, 0.4) is 0 Å². The van der Waals surface area contributed by atoms with Crippen molar-refractivity contribution in [2.24, 2.45) is 0 Å². The van der Waals surface area contributed by atoms with Gasteiger partial charge in [-0.25, -0.2) is 4.79 Å². The molecular weight excluding hydrogens is 343 g/mol. The summed E-state index contributed by atoms with van der Waals surface area (Å²) in [6.07, 6.45) is 0.673. The van der Waals surface area contributed by atoms with Crippen molar-refractivity contribution >= 4 is 52.0 Å². The number of rotatable bonds is 5. The number of benzene rings is 1. The zero-order chi connectivity index (χ0) is 16.1. The van der Waals surface area contributed by atoms with E-state index in [4.69, 9.17) is 23.2 Å². The van der Waals surface area contributed by atoms with Crippen LogP contribution in [0.4, 0.5) is 10.5 Å². The van der Waals surface area contributed by atoms with Crippen LogP contribution in [-0.2, 0) is 6.42 Å². The molecule has 1 aromatic heterocycles. The summed E-state index contributed by atoms with van der Waals surface area (Å²) in [5.41, 5.74) is 0.571. The summed E-state index contributed by atoms with van der Waals surface area (Å²) < 4.78 is 0. The first-order chi connectivity index (χ1) is 10.5. The molecule has 0 radical (unpaired) electrons. The molecule has 22 heavy (non-hydrogen) atoms. The van der Waals surface area contributed by atoms with Gasteiger partial charge in [-0.2, -0.15) is 0 Å². The maximum atomic E-state index is 11.8. The minimum atomic E-state index is -0.318. The van der Waals surface area contributed by atoms with Crippen LogP contribution in [-0.4, -0.2) is 18.4 Å². The number of hydrogen-bond acceptors (Lipinski definition) is 3. The molecule has 4 nitrogen and oxygen atoms in total. The summed E-state index contributed by atoms with van der Waals surface area (Å²) in [6.45, 7) is 2.02. The van der Waals surface area contributed by atoms with Gasteiger partial charge in [0.25, 0.3) is 0 Å². The molecule has 7 heteroatoms. The van der Waals surface area contributed by atoms with Gasteiger partial charge in [-0.3, -0.25) is 4.79 Å². The Balaban J connectivity index is 1.79. The fourth-order valence-electron chi connectivity index (χ4n) is 1.75. The van der Waals surface area contributed by atoms with E-state index in [1.807, 2.05) is 6.07 Å². The summed E-state index contributed by atoms with van der Waals surface area (Å²) in [5.74, 6) is 0.0570. The molecule has 2 aromatic rings. The molecule has 2 N–H and O–H groups in total. The molecular formula is C15H14Cl2N2O2S. The number of halogens is 2. The van der Waals surface area contributed by atoms with E-state index in [-0.39, 0.29) is 11.8 Å². The first-order valence-electron chi connectivity index (χ1n) is 6.55. The number of carbonyl (C=O) groups is 2. The van der Waals surface area contributed by atoms with Gasteiger partial charge in [-0.1, -0.05) is 23.2 Å². The Bertz CT molecular complexity index is 701. The van der Waals surface area contributed by atoms with E-state index in [2.05, 4.69) is 10.6 Å². The first-order valence-corrected chi connectivity index (χ1v) is 8.12. The highest BCUT2D eigenvalue weighted by atomic mass is 35.5. The molecule has 0 unspecified atom stereocenters. The van der Waals surface area contributed by atoms with Crippen LogP contribution < -0.4 is 10.6 Å². The SMILES string of the molecule is CC(=O)c1ccc(CCNC(=O)Nc2ccc(Cl)c(Cl)c2)s1. The smallest absolute Gasteiger partial charge is 0.319 e. The van der Waals surface area contributed by atoms with Crippen LogP contribution in [0.15, 0.2) is 30.3 Å². The molecule has 0 aliphatic carbocycles. The van der Waals surface area contributed by atoms with Gasteiger partial charge in [0.15, 0.2) is 5.78 Å². The molecule has 0 bridgehead atoms. The molecule has 2 rings (SSSR count). The lowest BCUT2D eigenvalue weighted by Gasteiger charge is -2.07. The van der Waals surface area contributed by atoms with Crippen molar-refractivity contribution in [3.63, 3.8) is 0 Å². The lowest BCUT2D eigenvalue weighted by Crippen LogP contribution is -2.30. The number of ketones is 1. The van der Waals surface area contributed by atoms with Crippen LogP contribution in [0.25, 0.3) is 0 Å². The van der Waals surface area contributed by atoms with Crippen molar-refractivity contribution < 1.29 is 9.59 Å². The molecule has 0 spiro atoms. The highest BCUT2D eigenvalue weighted by Gasteiger charge is 2.06. The number of Topliss-reactive ketones (excluding diaryl/α,β-unsaturated/α-hetero) is 1. The molecule has 116 valence electrons. The number of thiophene rings is 1. The number of hydrogen-bond donors (Lipinski definition) is 2. The largest absolute Gasteiger partial charge is 0.338 e. The second-order valence-corrected chi connectivity index (χ2v) is 6.56. The second kappa shape index (κ2) is 7.63. The van der Waals surface area contributed by atoms with Crippen molar-refractivity contribution in [2.45, 2.75) is 13.3 Å². The molecule has 0 aliphatic heterocycles. The second-order valence-electron chi connectivity index (χ2n) is 4.58. The quantitative estimate of drug-likeness (QED) is 0.767. The van der Waals surface area contributed by atoms with Crippen molar-refractivity contribution in [3.05, 3.63) is 50.1 Å². The summed E-state index contributed by atoms with van der Waals surface area (Å²) in [5, 5.41) is 6.24. The van der Waals surface area contributed by atoms with Gasteiger partial charge < -0.3 is 10.6 Å². The summed E-state index contributed by atoms with van der Waals surface area (Å²) in [6, 6.07) is 8.27. The normalized spacial score (nSPS) is 10.3. The van der Waals surface area contributed by atoms with Crippen LogP contribution in [0, 0.1) is 0 Å². The minimum absolute atomic E-state index is 0.0570. The van der Waals surface area contributed by atoms with Crippen LogP contribution in [0.1, 0.15) is 21.5 Å². The summed E-state index contributed by atoms with van der Waals surface area (Å²) in [4.78, 5) is 24.8. The molecule has 0 fully saturated rings. The Kier molecular flexibility index (Phi) is 5.83. The van der Waals surface area contributed by atoms with E-state index in [9.17, 15) is 9.59 Å². The molecule has 0 atom stereocenters. The third kappa shape index (κ3) is 4.73. The maximum absolute atomic E-state index is 11.8. The topological polar surface area (TPSA) is 58.2 Å². The Morgan fingerprint density at radius 2 is 1.91 bits per heavy atom. The highest BCUT2D eigenvalue weighted by molar-refractivity contribution is 7.14. The molecule has 1 aromatic carbocycles. The zero-order valence-electron chi connectivity index (χ0n) is 11.8. The van der Waals surface area contributed by atoms with E-state index in [0.717, 1.165) is 9.75 Å². The number of nitrogens with one attached hydrogen (secondary N) is 2. The van der Waals surface area contributed by atoms with Crippen molar-refractivity contribution in [1.82, 2.24) is 5.32 Å². The van der Waals surface area contributed by atoms with E-state index in [1.165, 1.54) is 11.3 Å². The van der Waals surface area contributed by atoms with E-state index in [0.29, 0.717) is 28.7 Å². The molecule has 0 saturated carbocycles. The van der Waals surface area contributed by atoms with E-state index < -0.39 is 0 Å².